The summed E-state index contributed by atoms with van der Waals surface area (Å²) in [6.07, 6.45) is 1.16. The number of hydrogen-bond donors (Lipinski definition) is 3. The van der Waals surface area contributed by atoms with E-state index < -0.39 is 6.04 Å². The van der Waals surface area contributed by atoms with Gasteiger partial charge in [0.1, 0.15) is 12.3 Å². The predicted molar refractivity (Wildman–Crippen MR) is 82.4 cm³/mol. The lowest BCUT2D eigenvalue weighted by molar-refractivity contribution is -0.126. The van der Waals surface area contributed by atoms with Gasteiger partial charge in [0.15, 0.2) is 0 Å². The first kappa shape index (κ1) is 16.2. The van der Waals surface area contributed by atoms with Gasteiger partial charge >= 0.3 is 0 Å². The molecule has 2 rings (SSSR count). The molecular weight excluding hydrogens is 282 g/mol. The predicted octanol–water partition coefficient (Wildman–Crippen LogP) is 0.148. The van der Waals surface area contributed by atoms with Gasteiger partial charge in [-0.2, -0.15) is 0 Å². The molecule has 1 heterocycles. The zero-order valence-corrected chi connectivity index (χ0v) is 12.8. The average Bonchev–Trinajstić information content (AvgIpc) is 2.50. The van der Waals surface area contributed by atoms with Gasteiger partial charge in [0.25, 0.3) is 5.91 Å². The SMILES string of the molecule is CNCc1ccc(C(=O)N[C@H]2CC(C=O)CNC2=O)c(C)c1. The molecule has 1 aromatic rings. The number of aldehydes is 1. The van der Waals surface area contributed by atoms with Crippen LogP contribution in [0.2, 0.25) is 0 Å². The summed E-state index contributed by atoms with van der Waals surface area (Å²) >= 11 is 0. The number of rotatable bonds is 5. The van der Waals surface area contributed by atoms with E-state index in [2.05, 4.69) is 16.0 Å². The van der Waals surface area contributed by atoms with Gasteiger partial charge in [0, 0.05) is 24.6 Å². The molecule has 2 amide bonds. The Morgan fingerprint density at radius 3 is 2.86 bits per heavy atom. The van der Waals surface area contributed by atoms with Crippen LogP contribution in [-0.4, -0.2) is 37.7 Å². The molecule has 1 aromatic carbocycles. The quantitative estimate of drug-likeness (QED) is 0.676. The molecule has 0 aliphatic carbocycles. The van der Waals surface area contributed by atoms with Crippen molar-refractivity contribution in [2.24, 2.45) is 5.92 Å². The topological polar surface area (TPSA) is 87.3 Å². The maximum atomic E-state index is 12.3. The van der Waals surface area contributed by atoms with Crippen molar-refractivity contribution < 1.29 is 14.4 Å². The molecule has 22 heavy (non-hydrogen) atoms. The van der Waals surface area contributed by atoms with Crippen LogP contribution in [0.15, 0.2) is 18.2 Å². The zero-order valence-electron chi connectivity index (χ0n) is 12.8. The van der Waals surface area contributed by atoms with E-state index in [0.29, 0.717) is 18.5 Å². The highest BCUT2D eigenvalue weighted by atomic mass is 16.2. The Hall–Kier alpha value is -2.21. The van der Waals surface area contributed by atoms with Crippen molar-refractivity contribution in [3.8, 4) is 0 Å². The summed E-state index contributed by atoms with van der Waals surface area (Å²) in [5.41, 5.74) is 2.49. The molecule has 1 saturated heterocycles. The number of nitrogens with one attached hydrogen (secondary N) is 3. The highest BCUT2D eigenvalue weighted by Crippen LogP contribution is 2.14. The van der Waals surface area contributed by atoms with E-state index in [-0.39, 0.29) is 17.7 Å². The Bertz CT molecular complexity index is 586. The molecule has 0 bridgehead atoms. The first-order valence-corrected chi connectivity index (χ1v) is 7.33. The Morgan fingerprint density at radius 2 is 2.23 bits per heavy atom. The molecule has 1 fully saturated rings. The van der Waals surface area contributed by atoms with Gasteiger partial charge in [-0.05, 0) is 37.6 Å². The van der Waals surface area contributed by atoms with Gasteiger partial charge in [0.05, 0.1) is 0 Å². The van der Waals surface area contributed by atoms with Gasteiger partial charge in [0.2, 0.25) is 5.91 Å². The maximum Gasteiger partial charge on any atom is 0.252 e. The van der Waals surface area contributed by atoms with Crippen LogP contribution < -0.4 is 16.0 Å². The van der Waals surface area contributed by atoms with Gasteiger partial charge in [-0.25, -0.2) is 0 Å². The fourth-order valence-corrected chi connectivity index (χ4v) is 2.61. The minimum atomic E-state index is -0.659. The highest BCUT2D eigenvalue weighted by molar-refractivity contribution is 5.99. The smallest absolute Gasteiger partial charge is 0.252 e. The first-order valence-electron chi connectivity index (χ1n) is 7.33. The molecule has 0 radical (unpaired) electrons. The van der Waals surface area contributed by atoms with Crippen molar-refractivity contribution in [2.75, 3.05) is 13.6 Å². The van der Waals surface area contributed by atoms with Crippen molar-refractivity contribution in [2.45, 2.75) is 25.9 Å². The number of amides is 2. The number of benzene rings is 1. The second kappa shape index (κ2) is 7.17. The molecule has 118 valence electrons. The fourth-order valence-electron chi connectivity index (χ4n) is 2.61. The van der Waals surface area contributed by atoms with Crippen molar-refractivity contribution in [3.63, 3.8) is 0 Å². The normalized spacial score (nSPS) is 21.1. The monoisotopic (exact) mass is 303 g/mol. The fraction of sp³-hybridized carbons (Fsp3) is 0.438. The van der Waals surface area contributed by atoms with Gasteiger partial charge in [-0.15, -0.1) is 0 Å². The Kier molecular flexibility index (Phi) is 5.27. The van der Waals surface area contributed by atoms with Crippen molar-refractivity contribution in [1.82, 2.24) is 16.0 Å². The van der Waals surface area contributed by atoms with E-state index in [1.54, 1.807) is 6.07 Å². The van der Waals surface area contributed by atoms with Crippen LogP contribution in [0.5, 0.6) is 0 Å². The average molecular weight is 303 g/mol. The molecule has 1 aliphatic heterocycles. The number of piperidine rings is 1. The Balaban J connectivity index is 2.08. The van der Waals surface area contributed by atoms with Gasteiger partial charge < -0.3 is 20.7 Å². The molecule has 0 saturated carbocycles. The summed E-state index contributed by atoms with van der Waals surface area (Å²) in [5, 5.41) is 8.41. The maximum absolute atomic E-state index is 12.3. The van der Waals surface area contributed by atoms with Crippen molar-refractivity contribution >= 4 is 18.1 Å². The van der Waals surface area contributed by atoms with Crippen LogP contribution in [0.4, 0.5) is 0 Å². The summed E-state index contributed by atoms with van der Waals surface area (Å²) in [4.78, 5) is 35.0. The summed E-state index contributed by atoms with van der Waals surface area (Å²) in [6, 6.07) is 4.93. The van der Waals surface area contributed by atoms with Gasteiger partial charge in [-0.3, -0.25) is 9.59 Å². The molecule has 6 heteroatoms. The summed E-state index contributed by atoms with van der Waals surface area (Å²) in [5.74, 6) is -0.779. The van der Waals surface area contributed by atoms with Crippen LogP contribution in [-0.2, 0) is 16.1 Å². The standard InChI is InChI=1S/C16H21N3O3/c1-10-5-11(7-17-2)3-4-13(10)15(21)19-14-6-12(9-20)8-18-16(14)22/h3-5,9,12,14,17H,6-8H2,1-2H3,(H,18,22)(H,19,21)/t12?,14-/m0/s1. The van der Waals surface area contributed by atoms with E-state index >= 15 is 0 Å². The molecule has 2 atom stereocenters. The largest absolute Gasteiger partial charge is 0.354 e. The van der Waals surface area contributed by atoms with E-state index in [0.717, 1.165) is 24.0 Å². The third kappa shape index (κ3) is 3.71. The molecule has 1 aliphatic rings. The van der Waals surface area contributed by atoms with E-state index in [1.165, 1.54) is 0 Å². The lowest BCUT2D eigenvalue weighted by Gasteiger charge is -2.26. The molecule has 3 N–H and O–H groups in total. The van der Waals surface area contributed by atoms with Crippen LogP contribution in [0.3, 0.4) is 0 Å². The molecule has 6 nitrogen and oxygen atoms in total. The number of aryl methyl sites for hydroxylation is 1. The number of carbonyl (C=O) groups is 3. The van der Waals surface area contributed by atoms with Gasteiger partial charge in [-0.1, -0.05) is 12.1 Å². The molecular formula is C16H21N3O3. The third-order valence-electron chi connectivity index (χ3n) is 3.81. The zero-order chi connectivity index (χ0) is 16.1. The summed E-state index contributed by atoms with van der Waals surface area (Å²) in [6.45, 7) is 2.93. The highest BCUT2D eigenvalue weighted by Gasteiger charge is 2.29. The second-order valence-electron chi connectivity index (χ2n) is 5.58. The van der Waals surface area contributed by atoms with Crippen molar-refractivity contribution in [3.05, 3.63) is 34.9 Å². The summed E-state index contributed by atoms with van der Waals surface area (Å²) in [7, 11) is 1.86. The van der Waals surface area contributed by atoms with Crippen LogP contribution in [0, 0.1) is 12.8 Å². The summed E-state index contributed by atoms with van der Waals surface area (Å²) < 4.78 is 0. The lowest BCUT2D eigenvalue weighted by Crippen LogP contribution is -2.53. The minimum absolute atomic E-state index is 0.240. The lowest BCUT2D eigenvalue weighted by atomic mass is 9.96. The first-order chi connectivity index (χ1) is 10.5. The van der Waals surface area contributed by atoms with E-state index in [9.17, 15) is 14.4 Å². The number of hydrogen-bond acceptors (Lipinski definition) is 4. The number of carbonyl (C=O) groups excluding carboxylic acids is 3. The van der Waals surface area contributed by atoms with Crippen LogP contribution >= 0.6 is 0 Å². The second-order valence-corrected chi connectivity index (χ2v) is 5.58. The molecule has 0 aromatic heterocycles. The Morgan fingerprint density at radius 1 is 1.45 bits per heavy atom. The molecule has 1 unspecified atom stereocenters. The minimum Gasteiger partial charge on any atom is -0.354 e. The van der Waals surface area contributed by atoms with Crippen molar-refractivity contribution in [1.29, 1.82) is 0 Å². The third-order valence-corrected chi connectivity index (χ3v) is 3.81. The Labute approximate surface area is 129 Å². The van der Waals surface area contributed by atoms with Crippen LogP contribution in [0.1, 0.15) is 27.9 Å². The van der Waals surface area contributed by atoms with Crippen LogP contribution in [0.25, 0.3) is 0 Å². The van der Waals surface area contributed by atoms with E-state index in [1.807, 2.05) is 26.1 Å². The van der Waals surface area contributed by atoms with E-state index in [4.69, 9.17) is 0 Å². The molecule has 0 spiro atoms.